The van der Waals surface area contributed by atoms with Crippen LogP contribution in [-0.4, -0.2) is 23.4 Å². The Kier molecular flexibility index (Phi) is 5.53. The molecule has 2 aromatic carbocycles. The highest BCUT2D eigenvalue weighted by atomic mass is 79.9. The Morgan fingerprint density at radius 2 is 2.00 bits per heavy atom. The minimum absolute atomic E-state index is 0.127. The van der Waals surface area contributed by atoms with Crippen LogP contribution >= 0.6 is 15.9 Å². The maximum Gasteiger partial charge on any atom is 0.234 e. The standard InChI is InChI=1S/C19H21BrN2O2/c20-16-4-1-3-15(11-16)13-24-17-8-6-14(7-9-17)12-22-10-2-5-18(22)19(21)23/h1,3-4,6-9,11,18H,2,5,10,12-13H2,(H2,21,23)/t18-/m0/s1. The molecule has 1 saturated heterocycles. The molecule has 1 amide bonds. The minimum Gasteiger partial charge on any atom is -0.489 e. The molecule has 24 heavy (non-hydrogen) atoms. The van der Waals surface area contributed by atoms with E-state index in [0.29, 0.717) is 6.61 Å². The van der Waals surface area contributed by atoms with E-state index in [1.807, 2.05) is 48.5 Å². The Morgan fingerprint density at radius 3 is 2.71 bits per heavy atom. The number of ether oxygens (including phenoxy) is 1. The van der Waals surface area contributed by atoms with Crippen molar-refractivity contribution in [2.45, 2.75) is 32.0 Å². The third kappa shape index (κ3) is 4.36. The van der Waals surface area contributed by atoms with Crippen molar-refractivity contribution in [2.24, 2.45) is 5.73 Å². The molecular formula is C19H21BrN2O2. The smallest absolute Gasteiger partial charge is 0.234 e. The van der Waals surface area contributed by atoms with Crippen LogP contribution in [-0.2, 0) is 17.9 Å². The fourth-order valence-corrected chi connectivity index (χ4v) is 3.50. The van der Waals surface area contributed by atoms with Crippen molar-refractivity contribution in [1.82, 2.24) is 4.90 Å². The van der Waals surface area contributed by atoms with E-state index in [-0.39, 0.29) is 11.9 Å². The van der Waals surface area contributed by atoms with Gasteiger partial charge in [-0.25, -0.2) is 0 Å². The third-order valence-electron chi connectivity index (χ3n) is 4.30. The molecule has 126 valence electrons. The van der Waals surface area contributed by atoms with Crippen molar-refractivity contribution in [3.8, 4) is 5.75 Å². The Labute approximate surface area is 150 Å². The highest BCUT2D eigenvalue weighted by Gasteiger charge is 2.28. The van der Waals surface area contributed by atoms with Gasteiger partial charge in [0, 0.05) is 11.0 Å². The topological polar surface area (TPSA) is 55.6 Å². The third-order valence-corrected chi connectivity index (χ3v) is 4.79. The first-order valence-electron chi connectivity index (χ1n) is 8.11. The molecule has 1 atom stereocenters. The molecule has 0 saturated carbocycles. The van der Waals surface area contributed by atoms with E-state index in [4.69, 9.17) is 10.5 Å². The molecule has 4 nitrogen and oxygen atoms in total. The van der Waals surface area contributed by atoms with Gasteiger partial charge in [-0.15, -0.1) is 0 Å². The number of nitrogens with zero attached hydrogens (tertiary/aromatic N) is 1. The first-order chi connectivity index (χ1) is 11.6. The molecule has 0 unspecified atom stereocenters. The van der Waals surface area contributed by atoms with Gasteiger partial charge in [-0.1, -0.05) is 40.2 Å². The molecule has 1 aliphatic rings. The van der Waals surface area contributed by atoms with Gasteiger partial charge in [0.25, 0.3) is 0 Å². The molecule has 3 rings (SSSR count). The Morgan fingerprint density at radius 1 is 1.21 bits per heavy atom. The molecule has 0 bridgehead atoms. The van der Waals surface area contributed by atoms with Gasteiger partial charge in [-0.05, 0) is 54.8 Å². The van der Waals surface area contributed by atoms with Gasteiger partial charge >= 0.3 is 0 Å². The summed E-state index contributed by atoms with van der Waals surface area (Å²) in [6.45, 7) is 2.21. The summed E-state index contributed by atoms with van der Waals surface area (Å²) in [6.07, 6.45) is 1.89. The fourth-order valence-electron chi connectivity index (χ4n) is 3.06. The Bertz CT molecular complexity index is 703. The van der Waals surface area contributed by atoms with Crippen LogP contribution in [0, 0.1) is 0 Å². The summed E-state index contributed by atoms with van der Waals surface area (Å²) in [5.41, 5.74) is 7.75. The van der Waals surface area contributed by atoms with E-state index in [1.54, 1.807) is 0 Å². The van der Waals surface area contributed by atoms with Gasteiger partial charge in [0.1, 0.15) is 12.4 Å². The second kappa shape index (κ2) is 7.81. The van der Waals surface area contributed by atoms with Crippen molar-refractivity contribution in [3.63, 3.8) is 0 Å². The number of likely N-dealkylation sites (tertiary alicyclic amines) is 1. The van der Waals surface area contributed by atoms with Crippen molar-refractivity contribution in [2.75, 3.05) is 6.54 Å². The number of primary amides is 1. The maximum absolute atomic E-state index is 11.5. The van der Waals surface area contributed by atoms with Gasteiger partial charge < -0.3 is 10.5 Å². The van der Waals surface area contributed by atoms with Crippen molar-refractivity contribution >= 4 is 21.8 Å². The van der Waals surface area contributed by atoms with Crippen LogP contribution in [0.2, 0.25) is 0 Å². The number of carbonyl (C=O) groups excluding carboxylic acids is 1. The number of halogens is 1. The number of nitrogens with two attached hydrogens (primary N) is 1. The van der Waals surface area contributed by atoms with Crippen molar-refractivity contribution < 1.29 is 9.53 Å². The molecular weight excluding hydrogens is 368 g/mol. The first kappa shape index (κ1) is 17.0. The quantitative estimate of drug-likeness (QED) is 0.823. The van der Waals surface area contributed by atoms with Crippen molar-refractivity contribution in [3.05, 3.63) is 64.1 Å². The largest absolute Gasteiger partial charge is 0.489 e. The second-order valence-corrected chi connectivity index (χ2v) is 7.01. The summed E-state index contributed by atoms with van der Waals surface area (Å²) in [6, 6.07) is 16.0. The number of hydrogen-bond donors (Lipinski definition) is 1. The van der Waals surface area contributed by atoms with E-state index in [9.17, 15) is 4.79 Å². The van der Waals surface area contributed by atoms with Crippen LogP contribution in [0.5, 0.6) is 5.75 Å². The van der Waals surface area contributed by atoms with E-state index < -0.39 is 0 Å². The fraction of sp³-hybridized carbons (Fsp3) is 0.316. The lowest BCUT2D eigenvalue weighted by Gasteiger charge is -2.21. The lowest BCUT2D eigenvalue weighted by Crippen LogP contribution is -2.39. The zero-order chi connectivity index (χ0) is 16.9. The van der Waals surface area contributed by atoms with Crippen LogP contribution in [0.25, 0.3) is 0 Å². The number of rotatable bonds is 6. The zero-order valence-electron chi connectivity index (χ0n) is 13.5. The van der Waals surface area contributed by atoms with Gasteiger partial charge in [0.2, 0.25) is 5.91 Å². The maximum atomic E-state index is 11.5. The lowest BCUT2D eigenvalue weighted by atomic mass is 10.1. The van der Waals surface area contributed by atoms with E-state index in [2.05, 4.69) is 20.8 Å². The monoisotopic (exact) mass is 388 g/mol. The van der Waals surface area contributed by atoms with Crippen LogP contribution in [0.3, 0.4) is 0 Å². The highest BCUT2D eigenvalue weighted by Crippen LogP contribution is 2.21. The van der Waals surface area contributed by atoms with E-state index in [1.165, 1.54) is 0 Å². The molecule has 0 aromatic heterocycles. The number of benzene rings is 2. The van der Waals surface area contributed by atoms with Gasteiger partial charge in [-0.2, -0.15) is 0 Å². The number of hydrogen-bond acceptors (Lipinski definition) is 3. The number of amides is 1. The summed E-state index contributed by atoms with van der Waals surface area (Å²) in [5.74, 6) is 0.619. The predicted molar refractivity (Wildman–Crippen MR) is 97.5 cm³/mol. The van der Waals surface area contributed by atoms with Crippen LogP contribution in [0.15, 0.2) is 53.0 Å². The zero-order valence-corrected chi connectivity index (χ0v) is 15.0. The average Bonchev–Trinajstić information content (AvgIpc) is 3.03. The summed E-state index contributed by atoms with van der Waals surface area (Å²) >= 11 is 3.46. The average molecular weight is 389 g/mol. The molecule has 2 N–H and O–H groups in total. The molecule has 0 aliphatic carbocycles. The Hall–Kier alpha value is -1.85. The second-order valence-electron chi connectivity index (χ2n) is 6.09. The lowest BCUT2D eigenvalue weighted by molar-refractivity contribution is -0.122. The van der Waals surface area contributed by atoms with E-state index >= 15 is 0 Å². The summed E-state index contributed by atoms with van der Waals surface area (Å²) in [7, 11) is 0. The Balaban J connectivity index is 1.56. The molecule has 1 heterocycles. The normalized spacial score (nSPS) is 17.8. The van der Waals surface area contributed by atoms with Crippen LogP contribution in [0.4, 0.5) is 0 Å². The summed E-state index contributed by atoms with van der Waals surface area (Å²) in [5, 5.41) is 0. The summed E-state index contributed by atoms with van der Waals surface area (Å²) in [4.78, 5) is 13.6. The van der Waals surface area contributed by atoms with Crippen LogP contribution < -0.4 is 10.5 Å². The van der Waals surface area contributed by atoms with E-state index in [0.717, 1.165) is 47.3 Å². The molecule has 5 heteroatoms. The number of carbonyl (C=O) groups is 1. The predicted octanol–water partition coefficient (Wildman–Crippen LogP) is 3.48. The van der Waals surface area contributed by atoms with Crippen molar-refractivity contribution in [1.29, 1.82) is 0 Å². The molecule has 2 aromatic rings. The van der Waals surface area contributed by atoms with Gasteiger partial charge in [0.05, 0.1) is 6.04 Å². The SMILES string of the molecule is NC(=O)[C@@H]1CCCN1Cc1ccc(OCc2cccc(Br)c2)cc1. The first-order valence-corrected chi connectivity index (χ1v) is 8.90. The molecule has 1 aliphatic heterocycles. The highest BCUT2D eigenvalue weighted by molar-refractivity contribution is 9.10. The van der Waals surface area contributed by atoms with Gasteiger partial charge in [-0.3, -0.25) is 9.69 Å². The molecule has 1 fully saturated rings. The van der Waals surface area contributed by atoms with Crippen LogP contribution in [0.1, 0.15) is 24.0 Å². The molecule has 0 radical (unpaired) electrons. The van der Waals surface area contributed by atoms with Gasteiger partial charge in [0.15, 0.2) is 0 Å². The molecule has 0 spiro atoms. The minimum atomic E-state index is -0.221. The summed E-state index contributed by atoms with van der Waals surface area (Å²) < 4.78 is 6.87.